The van der Waals surface area contributed by atoms with Gasteiger partial charge in [-0.05, 0) is 0 Å². The fourth-order valence-electron chi connectivity index (χ4n) is 2.06. The van der Waals surface area contributed by atoms with Crippen LogP contribution in [0.1, 0.15) is 15.6 Å². The Kier molecular flexibility index (Phi) is 14.4. The van der Waals surface area contributed by atoms with Crippen LogP contribution in [0, 0.1) is 0 Å². The average molecular weight is 428 g/mol. The number of hydrogen-bond donors (Lipinski definition) is 0. The molecule has 0 aromatic heterocycles. The first-order valence-corrected chi connectivity index (χ1v) is 11.1. The second-order valence-corrected chi connectivity index (χ2v) is 11.2. The quantitative estimate of drug-likeness (QED) is 0.415. The van der Waals surface area contributed by atoms with Gasteiger partial charge < -0.3 is 37.2 Å². The van der Waals surface area contributed by atoms with Crippen molar-refractivity contribution in [3.8, 4) is 0 Å². The van der Waals surface area contributed by atoms with E-state index in [1.807, 2.05) is 0 Å². The van der Waals surface area contributed by atoms with E-state index < -0.39 is 23.2 Å². The topological polar surface area (TPSA) is 0 Å². The Morgan fingerprint density at radius 2 is 1.75 bits per heavy atom. The number of rotatable bonds is 5. The third-order valence-electron chi connectivity index (χ3n) is 2.88. The molecule has 0 fully saturated rings. The monoisotopic (exact) mass is 425 g/mol. The maximum Gasteiger partial charge on any atom is -1.00 e. The summed E-state index contributed by atoms with van der Waals surface area (Å²) in [5.74, 6) is 0. The van der Waals surface area contributed by atoms with Crippen molar-refractivity contribution in [2.75, 3.05) is 19.5 Å². The average Bonchev–Trinajstić information content (AvgIpc) is 2.82. The molecule has 5 heteroatoms. The van der Waals surface area contributed by atoms with Crippen molar-refractivity contribution >= 4 is 7.92 Å². The van der Waals surface area contributed by atoms with Crippen LogP contribution in [0.4, 0.5) is 0 Å². The molecular formula is C15H19Cl3PZr. The number of hydrogen-bond acceptors (Lipinski definition) is 0. The molecule has 1 atom stereocenters. The summed E-state index contributed by atoms with van der Waals surface area (Å²) in [5.41, 5.74) is 1.59. The van der Waals surface area contributed by atoms with Gasteiger partial charge in [-0.25, -0.2) is 0 Å². The van der Waals surface area contributed by atoms with E-state index in [4.69, 9.17) is 0 Å². The Balaban J connectivity index is 0. The Bertz CT molecular complexity index is 418. The molecule has 1 aromatic rings. The normalized spacial score (nSPS) is 13.4. The van der Waals surface area contributed by atoms with Gasteiger partial charge in [0.15, 0.2) is 0 Å². The zero-order chi connectivity index (χ0) is 12.1. The van der Waals surface area contributed by atoms with E-state index in [2.05, 4.69) is 61.9 Å². The van der Waals surface area contributed by atoms with Crippen molar-refractivity contribution in [1.29, 1.82) is 0 Å². The first-order chi connectivity index (χ1) is 8.25. The summed E-state index contributed by atoms with van der Waals surface area (Å²) < 4.78 is 2.64. The van der Waals surface area contributed by atoms with Gasteiger partial charge in [0.25, 0.3) is 0 Å². The molecule has 0 bridgehead atoms. The van der Waals surface area contributed by atoms with Gasteiger partial charge in [-0.3, -0.25) is 0 Å². The van der Waals surface area contributed by atoms with Crippen LogP contribution in [0.25, 0.3) is 0 Å². The van der Waals surface area contributed by atoms with E-state index in [0.717, 1.165) is 3.63 Å². The molecule has 0 nitrogen and oxygen atoms in total. The molecule has 1 aliphatic rings. The van der Waals surface area contributed by atoms with Crippen molar-refractivity contribution in [3.05, 3.63) is 57.4 Å². The molecule has 1 aromatic carbocycles. The first-order valence-electron chi connectivity index (χ1n) is 6.07. The Labute approximate surface area is 154 Å². The molecular weight excluding hydrogens is 409 g/mol. The Hall–Kier alpha value is 0.883. The second-order valence-electron chi connectivity index (χ2n) is 4.69. The molecule has 0 radical (unpaired) electrons. The Morgan fingerprint density at radius 3 is 2.25 bits per heavy atom. The van der Waals surface area contributed by atoms with E-state index in [-0.39, 0.29) is 45.1 Å². The van der Waals surface area contributed by atoms with E-state index in [9.17, 15) is 0 Å². The summed E-state index contributed by atoms with van der Waals surface area (Å²) >= 11 is -0.429. The summed E-state index contributed by atoms with van der Waals surface area (Å²) in [6.07, 6.45) is 9.57. The van der Waals surface area contributed by atoms with Gasteiger partial charge >= 0.3 is 118 Å². The van der Waals surface area contributed by atoms with Gasteiger partial charge in [0, 0.05) is 0 Å². The summed E-state index contributed by atoms with van der Waals surface area (Å²) in [6.45, 7) is 4.82. The van der Waals surface area contributed by atoms with Crippen LogP contribution in [0.2, 0.25) is 0 Å². The molecule has 2 rings (SSSR count). The molecule has 0 aliphatic heterocycles. The SMILES string of the molecule is CP(C)C[CH]([Zr+3][C]1=CC=CC1)c1ccccc1.[Cl-].[Cl-].[Cl-]. The second kappa shape index (κ2) is 12.4. The standard InChI is InChI=1S/C10H14P.C5H5.3ClH.Zr/c1-11(2)9-8-10-6-4-3-5-7-10;1-2-4-5-3-1;;;;/h3-8H,9H2,1-2H3;1-3H,4H2;3*1H;/q;;;;;+3/p-3. The molecule has 0 saturated carbocycles. The van der Waals surface area contributed by atoms with Gasteiger partial charge in [0.05, 0.1) is 0 Å². The molecule has 0 heterocycles. The van der Waals surface area contributed by atoms with Crippen LogP contribution in [-0.2, 0) is 23.2 Å². The molecule has 109 valence electrons. The maximum absolute atomic E-state index is 2.41. The minimum Gasteiger partial charge on any atom is -1.00 e. The smallest absolute Gasteiger partial charge is 1.00 e. The van der Waals surface area contributed by atoms with Gasteiger partial charge in [0.2, 0.25) is 0 Å². The van der Waals surface area contributed by atoms with Crippen molar-refractivity contribution in [1.82, 2.24) is 0 Å². The number of allylic oxidation sites excluding steroid dienone is 4. The first kappa shape index (κ1) is 23.2. The predicted octanol–water partition coefficient (Wildman–Crippen LogP) is -4.59. The summed E-state index contributed by atoms with van der Waals surface area (Å²) in [5, 5.41) is 0. The van der Waals surface area contributed by atoms with Gasteiger partial charge in [-0.15, -0.1) is 0 Å². The van der Waals surface area contributed by atoms with E-state index in [0.29, 0.717) is 0 Å². The summed E-state index contributed by atoms with van der Waals surface area (Å²) in [4.78, 5) is 0. The minimum atomic E-state index is -0.429. The van der Waals surface area contributed by atoms with Crippen LogP contribution >= 0.6 is 7.92 Å². The van der Waals surface area contributed by atoms with Crippen LogP contribution in [0.3, 0.4) is 0 Å². The van der Waals surface area contributed by atoms with Crippen molar-refractivity contribution in [2.24, 2.45) is 0 Å². The summed E-state index contributed by atoms with van der Waals surface area (Å²) in [6, 6.07) is 11.2. The van der Waals surface area contributed by atoms with Crippen molar-refractivity contribution in [3.63, 3.8) is 0 Å². The molecule has 0 spiro atoms. The third-order valence-corrected chi connectivity index (χ3v) is 8.82. The van der Waals surface area contributed by atoms with Crippen LogP contribution in [0.15, 0.2) is 51.8 Å². The van der Waals surface area contributed by atoms with Crippen molar-refractivity contribution < 1.29 is 60.5 Å². The zero-order valence-electron chi connectivity index (χ0n) is 11.7. The van der Waals surface area contributed by atoms with E-state index >= 15 is 0 Å². The molecule has 0 saturated heterocycles. The van der Waals surface area contributed by atoms with Crippen LogP contribution in [-0.4, -0.2) is 19.5 Å². The van der Waals surface area contributed by atoms with Crippen LogP contribution in [0.5, 0.6) is 0 Å². The van der Waals surface area contributed by atoms with Gasteiger partial charge in [0.1, 0.15) is 0 Å². The molecule has 1 aliphatic carbocycles. The minimum absolute atomic E-state index is 0. The third kappa shape index (κ3) is 7.77. The number of benzene rings is 1. The fourth-order valence-corrected chi connectivity index (χ4v) is 9.50. The predicted molar refractivity (Wildman–Crippen MR) is 74.7 cm³/mol. The maximum atomic E-state index is 2.41. The van der Waals surface area contributed by atoms with Gasteiger partial charge in [-0.1, -0.05) is 0 Å². The molecule has 20 heavy (non-hydrogen) atoms. The largest absolute Gasteiger partial charge is 1.00 e. The Morgan fingerprint density at radius 1 is 1.10 bits per heavy atom. The van der Waals surface area contributed by atoms with Crippen molar-refractivity contribution in [2.45, 2.75) is 10.0 Å². The number of halogens is 3. The van der Waals surface area contributed by atoms with E-state index in [1.54, 1.807) is 8.84 Å². The summed E-state index contributed by atoms with van der Waals surface area (Å²) in [7, 11) is 0.211. The fraction of sp³-hybridized carbons (Fsp3) is 0.333. The molecule has 0 N–H and O–H groups in total. The van der Waals surface area contributed by atoms with Gasteiger partial charge in [-0.2, -0.15) is 0 Å². The molecule has 1 unspecified atom stereocenters. The zero-order valence-corrected chi connectivity index (χ0v) is 17.3. The van der Waals surface area contributed by atoms with Crippen LogP contribution < -0.4 is 37.2 Å². The molecule has 0 amide bonds. The van der Waals surface area contributed by atoms with E-state index in [1.165, 1.54) is 12.6 Å².